The van der Waals surface area contributed by atoms with E-state index >= 15 is 0 Å². The van der Waals surface area contributed by atoms with E-state index in [4.69, 9.17) is 15.6 Å². The zero-order valence-corrected chi connectivity index (χ0v) is 36.8. The fourth-order valence-electron chi connectivity index (χ4n) is 10.1. The number of fused-ring (bicyclic) bond motifs is 2. The molecule has 1 atom stereocenters. The summed E-state index contributed by atoms with van der Waals surface area (Å²) in [4.78, 5) is 74.0. The largest absolute Gasteiger partial charge is 0.457 e. The molecule has 9 rings (SSSR count). The fraction of sp³-hybridized carbons (Fsp3) is 0.420. The summed E-state index contributed by atoms with van der Waals surface area (Å²) in [5, 5.41) is 11.3. The zero-order valence-electron chi connectivity index (χ0n) is 36.8. The number of para-hydroxylation sites is 1. The Bertz CT molecular complexity index is 2550. The van der Waals surface area contributed by atoms with Gasteiger partial charge in [0.25, 0.3) is 11.8 Å². The predicted octanol–water partition coefficient (Wildman–Crippen LogP) is 6.28. The Labute approximate surface area is 378 Å². The van der Waals surface area contributed by atoms with Gasteiger partial charge >= 0.3 is 0 Å². The number of aromatic nitrogens is 3. The minimum absolute atomic E-state index is 0.0624. The van der Waals surface area contributed by atoms with Crippen LogP contribution in [0.15, 0.2) is 85.1 Å². The number of carbonyl (C=O) groups is 5. The van der Waals surface area contributed by atoms with Crippen molar-refractivity contribution < 1.29 is 28.7 Å². The van der Waals surface area contributed by atoms with Crippen LogP contribution in [0.3, 0.4) is 0 Å². The molecule has 1 aliphatic carbocycles. The number of hydrogen-bond donors (Lipinski definition) is 3. The van der Waals surface area contributed by atoms with E-state index < -0.39 is 29.7 Å². The Morgan fingerprint density at radius 1 is 0.785 bits per heavy atom. The molecule has 2 saturated heterocycles. The van der Waals surface area contributed by atoms with Crippen LogP contribution in [0.5, 0.6) is 11.5 Å². The second-order valence-electron chi connectivity index (χ2n) is 17.7. The second-order valence-corrected chi connectivity index (χ2v) is 17.7. The molecule has 3 aromatic carbocycles. The average Bonchev–Trinajstić information content (AvgIpc) is 3.84. The van der Waals surface area contributed by atoms with Gasteiger partial charge < -0.3 is 20.7 Å². The van der Waals surface area contributed by atoms with E-state index in [-0.39, 0.29) is 36.3 Å². The number of hydrogen-bond acceptors (Lipinski definition) is 11. The maximum atomic E-state index is 13.4. The lowest BCUT2D eigenvalue weighted by molar-refractivity contribution is -0.136. The predicted molar refractivity (Wildman–Crippen MR) is 246 cm³/mol. The second kappa shape index (κ2) is 19.7. The first-order chi connectivity index (χ1) is 31.7. The lowest BCUT2D eigenvalue weighted by Crippen LogP contribution is -2.54. The maximum absolute atomic E-state index is 13.4. The number of nitrogens with zero attached hydrogens (tertiary/aromatic N) is 6. The molecule has 2 aromatic heterocycles. The molecule has 5 aromatic rings. The highest BCUT2D eigenvalue weighted by Crippen LogP contribution is 2.39. The number of unbranched alkanes of at least 4 members (excludes halogenated alkanes) is 3. The van der Waals surface area contributed by atoms with Gasteiger partial charge in [0.2, 0.25) is 17.7 Å². The van der Waals surface area contributed by atoms with Gasteiger partial charge in [-0.15, -0.1) is 0 Å². The number of piperidine rings is 1. The SMILES string of the molecule is Nc1nccc2c1c(-c1ccc(Oc3ccccc3)cc1)nn2C1CCC(N2CCN(CCCCCCNC(=O)CCc3cccc4c3C(=O)N(C3CCC(=O)NC3=O)C4=O)CC2)CC1. The summed E-state index contributed by atoms with van der Waals surface area (Å²) in [7, 11) is 0. The Balaban J connectivity index is 0.665. The summed E-state index contributed by atoms with van der Waals surface area (Å²) >= 11 is 0. The van der Waals surface area contributed by atoms with Gasteiger partial charge in [0, 0.05) is 63.4 Å². The van der Waals surface area contributed by atoms with E-state index in [0.717, 1.165) is 123 Å². The number of nitrogen functional groups attached to an aromatic ring is 1. The third kappa shape index (κ3) is 9.67. The van der Waals surface area contributed by atoms with E-state index in [9.17, 15) is 24.0 Å². The van der Waals surface area contributed by atoms with Crippen molar-refractivity contribution in [3.05, 3.63) is 102 Å². The lowest BCUT2D eigenvalue weighted by atomic mass is 9.89. The first-order valence-electron chi connectivity index (χ1n) is 23.2. The lowest BCUT2D eigenvalue weighted by Gasteiger charge is -2.42. The Hall–Kier alpha value is -6.45. The molecule has 15 heteroatoms. The van der Waals surface area contributed by atoms with Crippen molar-refractivity contribution in [2.24, 2.45) is 0 Å². The Kier molecular flexibility index (Phi) is 13.3. The van der Waals surface area contributed by atoms with Gasteiger partial charge in [-0.1, -0.05) is 43.2 Å². The number of ether oxygens (including phenoxy) is 1. The third-order valence-electron chi connectivity index (χ3n) is 13.6. The Morgan fingerprint density at radius 3 is 2.29 bits per heavy atom. The van der Waals surface area contributed by atoms with Crippen molar-refractivity contribution in [3.8, 4) is 22.8 Å². The first kappa shape index (κ1) is 43.8. The number of aryl methyl sites for hydroxylation is 1. The van der Waals surface area contributed by atoms with Gasteiger partial charge in [-0.25, -0.2) is 4.98 Å². The van der Waals surface area contributed by atoms with Gasteiger partial charge in [0.1, 0.15) is 29.1 Å². The molecular weight excluding hydrogens is 823 g/mol. The number of benzene rings is 3. The first-order valence-corrected chi connectivity index (χ1v) is 23.2. The molecule has 5 heterocycles. The van der Waals surface area contributed by atoms with Gasteiger partial charge in [-0.2, -0.15) is 5.10 Å². The van der Waals surface area contributed by atoms with E-state index in [2.05, 4.69) is 30.1 Å². The van der Waals surface area contributed by atoms with Gasteiger partial charge in [-0.05, 0) is 112 Å². The number of anilines is 1. The topological polar surface area (TPSA) is 185 Å². The quantitative estimate of drug-likeness (QED) is 0.0748. The van der Waals surface area contributed by atoms with E-state index in [0.29, 0.717) is 36.4 Å². The van der Waals surface area contributed by atoms with Crippen molar-refractivity contribution >= 4 is 46.3 Å². The van der Waals surface area contributed by atoms with E-state index in [1.807, 2.05) is 60.7 Å². The molecule has 1 unspecified atom stereocenters. The summed E-state index contributed by atoms with van der Waals surface area (Å²) in [6.45, 7) is 6.04. The minimum atomic E-state index is -1.02. The molecule has 338 valence electrons. The van der Waals surface area contributed by atoms with Crippen molar-refractivity contribution in [2.75, 3.05) is 45.0 Å². The molecule has 0 bridgehead atoms. The van der Waals surface area contributed by atoms with Crippen molar-refractivity contribution in [2.45, 2.75) is 95.2 Å². The van der Waals surface area contributed by atoms with Gasteiger partial charge in [0.05, 0.1) is 28.1 Å². The average molecular weight is 880 g/mol. The molecule has 3 aliphatic heterocycles. The smallest absolute Gasteiger partial charge is 0.262 e. The standard InChI is InChI=1S/C50H57N9O6/c51-47-45-40(25-27-53-47)59(55-46(45)34-13-20-38(21-14-34)65-37-10-4-3-5-11-37)36-18-16-35(17-19-36)57-31-29-56(30-32-57)28-7-2-1-6-26-52-42(60)23-15-33-9-8-12-39-44(33)50(64)58(49(39)63)41-22-24-43(61)54-48(41)62/h3-5,8-14,20-21,25,27,35-36,41H,1-2,6-7,15-19,22-24,26,28-32H2,(H2,51,53)(H,52,60)(H,54,61,62). The summed E-state index contributed by atoms with van der Waals surface area (Å²) < 4.78 is 8.23. The van der Waals surface area contributed by atoms with Crippen molar-refractivity contribution in [3.63, 3.8) is 0 Å². The van der Waals surface area contributed by atoms with Crippen LogP contribution in [0.4, 0.5) is 5.82 Å². The van der Waals surface area contributed by atoms with E-state index in [1.165, 1.54) is 0 Å². The number of carbonyl (C=O) groups excluding carboxylic acids is 5. The minimum Gasteiger partial charge on any atom is -0.457 e. The monoisotopic (exact) mass is 879 g/mol. The molecule has 4 N–H and O–H groups in total. The van der Waals surface area contributed by atoms with Gasteiger partial charge in [0.15, 0.2) is 0 Å². The van der Waals surface area contributed by atoms with Crippen LogP contribution in [0.2, 0.25) is 0 Å². The van der Waals surface area contributed by atoms with Crippen LogP contribution in [-0.2, 0) is 20.8 Å². The van der Waals surface area contributed by atoms with Crippen LogP contribution in [0.25, 0.3) is 22.2 Å². The molecule has 15 nitrogen and oxygen atoms in total. The fourth-order valence-corrected chi connectivity index (χ4v) is 10.1. The number of rotatable bonds is 16. The molecule has 3 fully saturated rings. The summed E-state index contributed by atoms with van der Waals surface area (Å²) in [6.07, 6.45) is 11.0. The maximum Gasteiger partial charge on any atom is 0.262 e. The molecule has 4 aliphatic rings. The highest BCUT2D eigenvalue weighted by atomic mass is 16.5. The molecular formula is C50H57N9O6. The number of imide groups is 2. The van der Waals surface area contributed by atoms with Crippen LogP contribution in [0, 0.1) is 0 Å². The molecule has 0 spiro atoms. The van der Waals surface area contributed by atoms with Gasteiger partial charge in [-0.3, -0.25) is 43.8 Å². The van der Waals surface area contributed by atoms with Crippen LogP contribution < -0.4 is 21.1 Å². The number of pyridine rings is 1. The van der Waals surface area contributed by atoms with Crippen LogP contribution >= 0.6 is 0 Å². The summed E-state index contributed by atoms with van der Waals surface area (Å²) in [6, 6.07) is 24.7. The zero-order chi connectivity index (χ0) is 44.9. The van der Waals surface area contributed by atoms with Crippen molar-refractivity contribution in [1.29, 1.82) is 0 Å². The van der Waals surface area contributed by atoms with Crippen molar-refractivity contribution in [1.82, 2.24) is 40.1 Å². The Morgan fingerprint density at radius 2 is 1.52 bits per heavy atom. The van der Waals surface area contributed by atoms with Crippen LogP contribution in [0.1, 0.15) is 103 Å². The molecule has 0 radical (unpaired) electrons. The molecule has 5 amide bonds. The third-order valence-corrected chi connectivity index (χ3v) is 13.6. The summed E-state index contributed by atoms with van der Waals surface area (Å²) in [5.74, 6) is -0.204. The number of piperazine rings is 1. The highest BCUT2D eigenvalue weighted by molar-refractivity contribution is 6.24. The van der Waals surface area contributed by atoms with E-state index in [1.54, 1.807) is 24.4 Å². The number of amides is 5. The number of nitrogens with two attached hydrogens (primary N) is 1. The normalized spacial score (nSPS) is 20.6. The summed E-state index contributed by atoms with van der Waals surface area (Å²) in [5.41, 5.74) is 10.4. The molecule has 1 saturated carbocycles. The number of nitrogens with one attached hydrogen (secondary N) is 2. The molecule has 65 heavy (non-hydrogen) atoms. The highest BCUT2D eigenvalue weighted by Gasteiger charge is 2.45. The van der Waals surface area contributed by atoms with Crippen LogP contribution in [-0.4, -0.2) is 110 Å².